The number of hydrogen-bond acceptors (Lipinski definition) is 0. The Morgan fingerprint density at radius 3 is 0.850 bits per heavy atom. The van der Waals surface area contributed by atoms with Gasteiger partial charge in [0.1, 0.15) is 0 Å². The highest BCUT2D eigenvalue weighted by molar-refractivity contribution is 5.19. The van der Waals surface area contributed by atoms with Crippen molar-refractivity contribution in [2.75, 3.05) is 0 Å². The molecule has 0 amide bonds. The maximum atomic E-state index is 2.43. The van der Waals surface area contributed by atoms with Gasteiger partial charge < -0.3 is 0 Å². The molecule has 0 aromatic carbocycles. The molecule has 0 radical (unpaired) electrons. The number of rotatable bonds is 9. The van der Waals surface area contributed by atoms with Crippen molar-refractivity contribution in [2.45, 2.75) is 81.1 Å². The second-order valence-electron chi connectivity index (χ2n) is 8.04. The fraction of sp³-hybridized carbons (Fsp3) is 0.800. The third-order valence-corrected chi connectivity index (χ3v) is 3.24. The molecular weight excluding hydrogens is 240 g/mol. The molecule has 0 nitrogen and oxygen atoms in total. The van der Waals surface area contributed by atoms with E-state index in [-0.39, 0.29) is 0 Å². The summed E-state index contributed by atoms with van der Waals surface area (Å²) in [7, 11) is 0. The van der Waals surface area contributed by atoms with Crippen molar-refractivity contribution in [3.8, 4) is 0 Å². The zero-order valence-corrected chi connectivity index (χ0v) is 15.3. The van der Waals surface area contributed by atoms with E-state index in [2.05, 4.69) is 67.5 Å². The van der Waals surface area contributed by atoms with Crippen LogP contribution in [0.25, 0.3) is 0 Å². The van der Waals surface area contributed by atoms with Crippen molar-refractivity contribution in [3.05, 3.63) is 23.3 Å². The quantitative estimate of drug-likeness (QED) is 0.397. The van der Waals surface area contributed by atoms with Gasteiger partial charge in [-0.1, -0.05) is 78.7 Å². The Morgan fingerprint density at radius 1 is 0.500 bits per heavy atom. The van der Waals surface area contributed by atoms with Gasteiger partial charge in [0, 0.05) is 0 Å². The summed E-state index contributed by atoms with van der Waals surface area (Å²) in [6.45, 7) is 18.6. The van der Waals surface area contributed by atoms with Crippen LogP contribution in [0.1, 0.15) is 81.1 Å². The van der Waals surface area contributed by atoms with Crippen LogP contribution in [0.5, 0.6) is 0 Å². The lowest BCUT2D eigenvalue weighted by Crippen LogP contribution is -1.98. The number of allylic oxidation sites excluding steroid dienone is 4. The highest BCUT2D eigenvalue weighted by atomic mass is 14.1. The molecule has 0 unspecified atom stereocenters. The van der Waals surface area contributed by atoms with Crippen LogP contribution in [0.3, 0.4) is 0 Å². The van der Waals surface area contributed by atoms with Gasteiger partial charge in [-0.3, -0.25) is 0 Å². The Hall–Kier alpha value is -0.520. The third kappa shape index (κ3) is 11.3. The average Bonchev–Trinajstić information content (AvgIpc) is 2.22. The first-order valence-corrected chi connectivity index (χ1v) is 8.58. The molecule has 0 aromatic rings. The topological polar surface area (TPSA) is 0 Å². The fourth-order valence-corrected chi connectivity index (χ4v) is 2.77. The highest BCUT2D eigenvalue weighted by Gasteiger charge is 2.06. The minimum atomic E-state index is 0.757. The van der Waals surface area contributed by atoms with Crippen LogP contribution in [-0.4, -0.2) is 0 Å². The lowest BCUT2D eigenvalue weighted by atomic mass is 9.92. The summed E-state index contributed by atoms with van der Waals surface area (Å²) in [6.07, 6.45) is 9.83. The molecule has 0 aromatic heterocycles. The monoisotopic (exact) mass is 278 g/mol. The number of hydrogen-bond donors (Lipinski definition) is 0. The largest absolute Gasteiger partial charge is 0.0697 e. The Bertz CT molecular complexity index is 244. The van der Waals surface area contributed by atoms with Crippen molar-refractivity contribution in [1.82, 2.24) is 0 Å². The minimum absolute atomic E-state index is 0.757. The first-order valence-electron chi connectivity index (χ1n) is 8.58. The van der Waals surface area contributed by atoms with Crippen LogP contribution in [0.15, 0.2) is 23.3 Å². The van der Waals surface area contributed by atoms with E-state index in [4.69, 9.17) is 0 Å². The fourth-order valence-electron chi connectivity index (χ4n) is 2.77. The minimum Gasteiger partial charge on any atom is -0.0697 e. The van der Waals surface area contributed by atoms with Crippen molar-refractivity contribution in [1.29, 1.82) is 0 Å². The Balaban J connectivity index is 4.96. The van der Waals surface area contributed by atoms with Gasteiger partial charge in [0.25, 0.3) is 0 Å². The summed E-state index contributed by atoms with van der Waals surface area (Å²) < 4.78 is 0. The van der Waals surface area contributed by atoms with Gasteiger partial charge in [-0.2, -0.15) is 0 Å². The molecule has 0 N–H and O–H groups in total. The van der Waals surface area contributed by atoms with Crippen molar-refractivity contribution in [2.24, 2.45) is 23.7 Å². The van der Waals surface area contributed by atoms with Crippen LogP contribution < -0.4 is 0 Å². The molecule has 118 valence electrons. The molecule has 0 atom stereocenters. The van der Waals surface area contributed by atoms with Gasteiger partial charge in [-0.05, 0) is 49.4 Å². The molecule has 0 aliphatic heterocycles. The summed E-state index contributed by atoms with van der Waals surface area (Å²) in [5, 5.41) is 0. The average molecular weight is 279 g/mol. The van der Waals surface area contributed by atoms with Crippen molar-refractivity contribution < 1.29 is 0 Å². The molecule has 0 aliphatic rings. The van der Waals surface area contributed by atoms with E-state index in [9.17, 15) is 0 Å². The Labute approximate surface area is 128 Å². The molecule has 0 saturated heterocycles. The van der Waals surface area contributed by atoms with Crippen LogP contribution >= 0.6 is 0 Å². The maximum absolute atomic E-state index is 2.43. The molecule has 0 heterocycles. The second-order valence-corrected chi connectivity index (χ2v) is 8.04. The van der Waals surface area contributed by atoms with Gasteiger partial charge >= 0.3 is 0 Å². The van der Waals surface area contributed by atoms with Crippen LogP contribution in [-0.2, 0) is 0 Å². The Kier molecular flexibility index (Phi) is 9.98. The van der Waals surface area contributed by atoms with E-state index in [0.717, 1.165) is 23.7 Å². The third-order valence-electron chi connectivity index (χ3n) is 3.24. The summed E-state index contributed by atoms with van der Waals surface area (Å²) in [4.78, 5) is 0. The Morgan fingerprint density at radius 2 is 0.700 bits per heavy atom. The molecule has 0 saturated carbocycles. The summed E-state index contributed by atoms with van der Waals surface area (Å²) >= 11 is 0. The molecule has 0 spiro atoms. The normalized spacial score (nSPS) is 11.6. The van der Waals surface area contributed by atoms with E-state index < -0.39 is 0 Å². The van der Waals surface area contributed by atoms with E-state index in [1.807, 2.05) is 0 Å². The van der Waals surface area contributed by atoms with Gasteiger partial charge in [0.2, 0.25) is 0 Å². The van der Waals surface area contributed by atoms with Crippen LogP contribution in [0.2, 0.25) is 0 Å². The van der Waals surface area contributed by atoms with Crippen molar-refractivity contribution >= 4 is 0 Å². The predicted molar refractivity (Wildman–Crippen MR) is 94.0 cm³/mol. The van der Waals surface area contributed by atoms with Gasteiger partial charge in [0.05, 0.1) is 0 Å². The maximum Gasteiger partial charge on any atom is -0.0294 e. The molecule has 0 fully saturated rings. The summed E-state index contributed by atoms with van der Waals surface area (Å²) in [5.74, 6) is 3.03. The smallest absolute Gasteiger partial charge is 0.0294 e. The van der Waals surface area contributed by atoms with E-state index in [1.54, 1.807) is 11.1 Å². The molecule has 0 aliphatic carbocycles. The van der Waals surface area contributed by atoms with E-state index in [1.165, 1.54) is 25.7 Å². The highest BCUT2D eigenvalue weighted by Crippen LogP contribution is 2.23. The van der Waals surface area contributed by atoms with E-state index in [0.29, 0.717) is 0 Å². The van der Waals surface area contributed by atoms with Gasteiger partial charge in [0.15, 0.2) is 0 Å². The standard InChI is InChI=1S/C20H38/c1-15(2)11-19(12-16(3)4)9-10-20(13-17(5)6)14-18(7)8/h9-10,15-18H,11-14H2,1-8H3. The first kappa shape index (κ1) is 19.5. The van der Waals surface area contributed by atoms with Gasteiger partial charge in [-0.15, -0.1) is 0 Å². The van der Waals surface area contributed by atoms with Crippen LogP contribution in [0.4, 0.5) is 0 Å². The second kappa shape index (κ2) is 10.2. The summed E-state index contributed by atoms with van der Waals surface area (Å²) in [5.41, 5.74) is 3.25. The SMILES string of the molecule is CC(C)CC(=CC=C(CC(C)C)CC(C)C)CC(C)C. The predicted octanol–water partition coefficient (Wildman–Crippen LogP) is 7.02. The lowest BCUT2D eigenvalue weighted by molar-refractivity contribution is 0.566. The molecule has 0 heteroatoms. The molecule has 0 rings (SSSR count). The van der Waals surface area contributed by atoms with Crippen LogP contribution in [0, 0.1) is 23.7 Å². The molecule has 0 bridgehead atoms. The van der Waals surface area contributed by atoms with E-state index >= 15 is 0 Å². The van der Waals surface area contributed by atoms with Gasteiger partial charge in [-0.25, -0.2) is 0 Å². The zero-order chi connectivity index (χ0) is 15.7. The molecular formula is C20H38. The van der Waals surface area contributed by atoms with Crippen molar-refractivity contribution in [3.63, 3.8) is 0 Å². The zero-order valence-electron chi connectivity index (χ0n) is 15.3. The lowest BCUT2D eigenvalue weighted by Gasteiger charge is -2.14. The summed E-state index contributed by atoms with van der Waals surface area (Å²) in [6, 6.07) is 0. The molecule has 20 heavy (non-hydrogen) atoms. The first-order chi connectivity index (χ1) is 9.20.